The van der Waals surface area contributed by atoms with E-state index in [1.54, 1.807) is 12.1 Å². The van der Waals surface area contributed by atoms with Crippen molar-refractivity contribution in [3.05, 3.63) is 70.7 Å². The van der Waals surface area contributed by atoms with E-state index >= 15 is 0 Å². The standard InChI is InChI=1S/C30H34BNO9/c1-3-18(13-21-10-11-22(16-33)40-21)9-12-25-26-19(17-39-20-7-5-4-6-8-20)14-23-27(24(26)15-31(37)41-25)29(35)32(28(23)34)30(36)38-2/h4-8,10-11,13,23-25,27,33,37H,3,9,12,14-17H2,1-2H3/b18-13+/t23-,24+,25-,27-/m1/s1. The third-order valence-corrected chi connectivity index (χ3v) is 8.19. The minimum atomic E-state index is -1.13. The molecular weight excluding hydrogens is 529 g/mol. The van der Waals surface area contributed by atoms with Gasteiger partial charge in [0, 0.05) is 0 Å². The normalized spacial score (nSPS) is 24.4. The fourth-order valence-electron chi connectivity index (χ4n) is 6.28. The van der Waals surface area contributed by atoms with E-state index in [-0.39, 0.29) is 26.0 Å². The van der Waals surface area contributed by atoms with Gasteiger partial charge in [0.1, 0.15) is 30.5 Å². The Balaban J connectivity index is 1.46. The van der Waals surface area contributed by atoms with Gasteiger partial charge in [-0.15, -0.1) is 0 Å². The van der Waals surface area contributed by atoms with Gasteiger partial charge in [0.2, 0.25) is 11.8 Å². The highest BCUT2D eigenvalue weighted by Crippen LogP contribution is 2.50. The average molecular weight is 563 g/mol. The van der Waals surface area contributed by atoms with Crippen LogP contribution in [0.15, 0.2) is 63.6 Å². The second-order valence-corrected chi connectivity index (χ2v) is 10.6. The van der Waals surface area contributed by atoms with E-state index in [1.165, 1.54) is 0 Å². The Morgan fingerprint density at radius 3 is 2.61 bits per heavy atom. The number of rotatable bonds is 9. The third kappa shape index (κ3) is 5.88. The molecule has 4 atom stereocenters. The molecule has 0 radical (unpaired) electrons. The second-order valence-electron chi connectivity index (χ2n) is 10.6. The van der Waals surface area contributed by atoms with Gasteiger partial charge in [0.25, 0.3) is 0 Å². The predicted molar refractivity (Wildman–Crippen MR) is 148 cm³/mol. The highest BCUT2D eigenvalue weighted by Gasteiger charge is 2.59. The molecule has 0 spiro atoms. The molecule has 1 aliphatic carbocycles. The van der Waals surface area contributed by atoms with Gasteiger partial charge in [-0.05, 0) is 79.4 Å². The van der Waals surface area contributed by atoms with E-state index in [0.717, 1.165) is 30.2 Å². The summed E-state index contributed by atoms with van der Waals surface area (Å²) in [5, 5.41) is 20.1. The van der Waals surface area contributed by atoms with Gasteiger partial charge in [-0.25, -0.2) is 4.79 Å². The maximum atomic E-state index is 13.4. The van der Waals surface area contributed by atoms with E-state index in [2.05, 4.69) is 0 Å². The number of aliphatic hydroxyl groups excluding tert-OH is 1. The van der Waals surface area contributed by atoms with Gasteiger partial charge in [-0.3, -0.25) is 9.59 Å². The first-order valence-corrected chi connectivity index (χ1v) is 13.9. The lowest BCUT2D eigenvalue weighted by molar-refractivity contribution is -0.137. The number of hydrogen-bond acceptors (Lipinski definition) is 9. The molecule has 2 N–H and O–H groups in total. The molecule has 2 saturated heterocycles. The molecule has 3 aliphatic rings. The van der Waals surface area contributed by atoms with E-state index in [4.69, 9.17) is 18.5 Å². The molecule has 1 aromatic heterocycles. The van der Waals surface area contributed by atoms with Gasteiger partial charge < -0.3 is 28.7 Å². The number of fused-ring (bicyclic) bond motifs is 3. The molecule has 216 valence electrons. The van der Waals surface area contributed by atoms with Crippen LogP contribution >= 0.6 is 0 Å². The molecule has 3 heterocycles. The summed E-state index contributed by atoms with van der Waals surface area (Å²) in [4.78, 5) is 39.7. The van der Waals surface area contributed by atoms with Crippen molar-refractivity contribution in [2.45, 2.75) is 51.6 Å². The summed E-state index contributed by atoms with van der Waals surface area (Å²) in [7, 11) is -0.00114. The van der Waals surface area contributed by atoms with E-state index in [9.17, 15) is 24.5 Å². The molecule has 41 heavy (non-hydrogen) atoms. The Morgan fingerprint density at radius 1 is 1.15 bits per heavy atom. The number of ether oxygens (including phenoxy) is 2. The zero-order valence-corrected chi connectivity index (χ0v) is 23.2. The number of allylic oxidation sites excluding steroid dienone is 1. The second kappa shape index (κ2) is 12.5. The number of furan rings is 1. The van der Waals surface area contributed by atoms with E-state index < -0.39 is 48.9 Å². The van der Waals surface area contributed by atoms with Crippen LogP contribution in [0.1, 0.15) is 44.1 Å². The van der Waals surface area contributed by atoms with Gasteiger partial charge in [-0.1, -0.05) is 30.7 Å². The maximum Gasteiger partial charge on any atom is 0.455 e. The van der Waals surface area contributed by atoms with Crippen LogP contribution in [0.2, 0.25) is 6.32 Å². The van der Waals surface area contributed by atoms with Gasteiger partial charge in [-0.2, -0.15) is 4.90 Å². The highest BCUT2D eigenvalue weighted by molar-refractivity contribution is 6.43. The molecule has 0 unspecified atom stereocenters. The number of imide groups is 3. The van der Waals surface area contributed by atoms with Crippen molar-refractivity contribution in [3.8, 4) is 5.75 Å². The molecule has 2 aliphatic heterocycles. The minimum absolute atomic E-state index is 0.128. The Hall–Kier alpha value is -3.67. The lowest BCUT2D eigenvalue weighted by Gasteiger charge is -2.43. The van der Waals surface area contributed by atoms with Gasteiger partial charge in [0.05, 0.1) is 25.0 Å². The number of carbonyl (C=O) groups is 3. The number of benzene rings is 1. The monoisotopic (exact) mass is 563 g/mol. The maximum absolute atomic E-state index is 13.4. The van der Waals surface area contributed by atoms with Crippen LogP contribution in [-0.2, 0) is 25.6 Å². The molecule has 0 saturated carbocycles. The van der Waals surface area contributed by atoms with Crippen LogP contribution in [0.5, 0.6) is 5.75 Å². The van der Waals surface area contributed by atoms with Gasteiger partial charge in [0.15, 0.2) is 0 Å². The van der Waals surface area contributed by atoms with Crippen LogP contribution in [0, 0.1) is 17.8 Å². The third-order valence-electron chi connectivity index (χ3n) is 8.19. The van der Waals surface area contributed by atoms with E-state index in [0.29, 0.717) is 35.0 Å². The number of nitrogens with zero attached hydrogens (tertiary/aromatic N) is 1. The van der Waals surface area contributed by atoms with Crippen LogP contribution < -0.4 is 4.74 Å². The summed E-state index contributed by atoms with van der Waals surface area (Å²) < 4.78 is 22.5. The molecule has 10 nitrogen and oxygen atoms in total. The summed E-state index contributed by atoms with van der Waals surface area (Å²) >= 11 is 0. The SMILES string of the molecule is CC/C(=C\c1ccc(CO)o1)CC[C@H]1OB(O)C[C@H]2C1=C(COc1ccccc1)C[C@H]1C(=O)N(C(=O)OC)C(=O)[C@H]12. The molecule has 2 aromatic rings. The van der Waals surface area contributed by atoms with Crippen molar-refractivity contribution in [2.24, 2.45) is 17.8 Å². The smallest absolute Gasteiger partial charge is 0.455 e. The molecule has 11 heteroatoms. The number of amides is 3. The number of aliphatic hydroxyl groups is 1. The molecule has 1 aromatic carbocycles. The Bertz CT molecular complexity index is 1350. The Kier molecular flexibility index (Phi) is 8.77. The summed E-state index contributed by atoms with van der Waals surface area (Å²) in [5.41, 5.74) is 2.78. The lowest BCUT2D eigenvalue weighted by Crippen LogP contribution is -2.46. The van der Waals surface area contributed by atoms with Crippen LogP contribution in [-0.4, -0.2) is 59.9 Å². The first-order chi connectivity index (χ1) is 19.8. The number of carbonyl (C=O) groups excluding carboxylic acids is 3. The quantitative estimate of drug-likeness (QED) is 0.264. The van der Waals surface area contributed by atoms with Crippen molar-refractivity contribution in [1.29, 1.82) is 0 Å². The summed E-state index contributed by atoms with van der Waals surface area (Å²) in [6.45, 7) is 2.04. The van der Waals surface area contributed by atoms with Crippen molar-refractivity contribution in [2.75, 3.05) is 13.7 Å². The van der Waals surface area contributed by atoms with Crippen LogP contribution in [0.3, 0.4) is 0 Å². The largest absolute Gasteiger partial charge is 0.489 e. The fourth-order valence-corrected chi connectivity index (χ4v) is 6.28. The van der Waals surface area contributed by atoms with Crippen LogP contribution in [0.4, 0.5) is 4.79 Å². The summed E-state index contributed by atoms with van der Waals surface area (Å²) in [5.74, 6) is -1.43. The predicted octanol–water partition coefficient (Wildman–Crippen LogP) is 3.99. The molecule has 0 bridgehead atoms. The zero-order chi connectivity index (χ0) is 29.1. The summed E-state index contributed by atoms with van der Waals surface area (Å²) in [6, 6.07) is 12.8. The van der Waals surface area contributed by atoms with Crippen molar-refractivity contribution < 1.29 is 43.1 Å². The van der Waals surface area contributed by atoms with Crippen molar-refractivity contribution in [3.63, 3.8) is 0 Å². The fraction of sp³-hybridized carbons (Fsp3) is 0.433. The van der Waals surface area contributed by atoms with Crippen molar-refractivity contribution >= 4 is 31.1 Å². The van der Waals surface area contributed by atoms with Crippen molar-refractivity contribution in [1.82, 2.24) is 4.90 Å². The Labute approximate surface area is 238 Å². The summed E-state index contributed by atoms with van der Waals surface area (Å²) in [6.07, 6.45) is 2.69. The topological polar surface area (TPSA) is 136 Å². The number of methoxy groups -OCH3 is 1. The lowest BCUT2D eigenvalue weighted by atomic mass is 9.58. The zero-order valence-electron chi connectivity index (χ0n) is 23.2. The molecule has 5 rings (SSSR count). The van der Waals surface area contributed by atoms with Crippen LogP contribution in [0.25, 0.3) is 6.08 Å². The molecule has 3 amide bonds. The first-order valence-electron chi connectivity index (χ1n) is 13.9. The first kappa shape index (κ1) is 28.8. The number of hydrogen-bond donors (Lipinski definition) is 2. The minimum Gasteiger partial charge on any atom is -0.489 e. The number of likely N-dealkylation sites (tertiary alicyclic amines) is 1. The number of para-hydroxylation sites is 1. The highest BCUT2D eigenvalue weighted by atomic mass is 16.5. The van der Waals surface area contributed by atoms with Gasteiger partial charge >= 0.3 is 13.2 Å². The Morgan fingerprint density at radius 2 is 1.93 bits per heavy atom. The average Bonchev–Trinajstić information content (AvgIpc) is 3.54. The van der Waals surface area contributed by atoms with E-state index in [1.807, 2.05) is 43.3 Å². The molecular formula is C30H34BNO9. The molecule has 2 fully saturated rings.